The number of unbranched alkanes of at least 4 members (excludes halogenated alkanes) is 5. The van der Waals surface area contributed by atoms with E-state index >= 15 is 0 Å². The van der Waals surface area contributed by atoms with Gasteiger partial charge in [-0.2, -0.15) is 5.11 Å². The van der Waals surface area contributed by atoms with Crippen LogP contribution in [0.4, 0.5) is 17.1 Å². The molecule has 0 aromatic heterocycles. The van der Waals surface area contributed by atoms with Gasteiger partial charge in [0.25, 0.3) is 0 Å². The molecule has 0 atom stereocenters. The maximum absolute atomic E-state index is 5.90. The van der Waals surface area contributed by atoms with E-state index in [1.807, 2.05) is 85.1 Å². The lowest BCUT2D eigenvalue weighted by Gasteiger charge is -2.07. The number of azo groups is 1. The number of fused-ring (bicyclic) bond motifs is 1. The SMILES string of the molecule is CCCCCCCCOc1ccc(C=Nc2ccc(N=Nc3ccc(OC)cc3)c3ccccc23)cc1. The lowest BCUT2D eigenvalue weighted by atomic mass is 10.1. The van der Waals surface area contributed by atoms with Crippen LogP contribution >= 0.6 is 0 Å². The fourth-order valence-corrected chi connectivity index (χ4v) is 4.09. The number of ether oxygens (including phenoxy) is 2. The molecule has 0 amide bonds. The molecule has 0 saturated carbocycles. The maximum Gasteiger partial charge on any atom is 0.119 e. The van der Waals surface area contributed by atoms with Crippen molar-refractivity contribution in [1.82, 2.24) is 0 Å². The van der Waals surface area contributed by atoms with Gasteiger partial charge in [-0.15, -0.1) is 5.11 Å². The standard InChI is InChI=1S/C32H35N3O2/c1-3-4-5-6-7-10-23-37-28-17-13-25(14-18-28)24-33-31-21-22-32(30-12-9-8-11-29(30)31)35-34-26-15-19-27(36-2)20-16-26/h8-9,11-22,24H,3-7,10,23H2,1-2H3. The summed E-state index contributed by atoms with van der Waals surface area (Å²) >= 11 is 0. The van der Waals surface area contributed by atoms with Crippen molar-refractivity contribution in [3.8, 4) is 11.5 Å². The Bertz CT molecular complexity index is 1310. The second-order valence-electron chi connectivity index (χ2n) is 8.99. The summed E-state index contributed by atoms with van der Waals surface area (Å²) in [6, 6.07) is 27.7. The molecule has 4 aromatic rings. The quantitative estimate of drug-likeness (QED) is 0.106. The van der Waals surface area contributed by atoms with Crippen molar-refractivity contribution in [2.45, 2.75) is 45.4 Å². The van der Waals surface area contributed by atoms with Gasteiger partial charge in [-0.1, -0.05) is 63.3 Å². The molecule has 0 bridgehead atoms. The van der Waals surface area contributed by atoms with E-state index in [2.05, 4.69) is 23.2 Å². The third-order valence-corrected chi connectivity index (χ3v) is 6.22. The number of benzene rings is 4. The zero-order valence-corrected chi connectivity index (χ0v) is 21.8. The zero-order chi connectivity index (χ0) is 25.7. The number of methoxy groups -OCH3 is 1. The molecule has 0 heterocycles. The Kier molecular flexibility index (Phi) is 9.82. The minimum Gasteiger partial charge on any atom is -0.497 e. The molecule has 37 heavy (non-hydrogen) atoms. The third kappa shape index (κ3) is 7.74. The van der Waals surface area contributed by atoms with Gasteiger partial charge in [-0.05, 0) is 72.6 Å². The summed E-state index contributed by atoms with van der Waals surface area (Å²) in [7, 11) is 1.65. The molecule has 0 saturated heterocycles. The van der Waals surface area contributed by atoms with E-state index in [-0.39, 0.29) is 0 Å². The van der Waals surface area contributed by atoms with E-state index in [0.29, 0.717) is 0 Å². The Balaban J connectivity index is 1.39. The second-order valence-corrected chi connectivity index (χ2v) is 8.99. The van der Waals surface area contributed by atoms with Crippen molar-refractivity contribution >= 4 is 34.0 Å². The highest BCUT2D eigenvalue weighted by molar-refractivity contribution is 6.01. The van der Waals surface area contributed by atoms with Crippen molar-refractivity contribution in [3.63, 3.8) is 0 Å². The zero-order valence-electron chi connectivity index (χ0n) is 21.8. The fraction of sp³-hybridized carbons (Fsp3) is 0.281. The largest absolute Gasteiger partial charge is 0.497 e. The van der Waals surface area contributed by atoms with Crippen LogP contribution in [-0.2, 0) is 0 Å². The van der Waals surface area contributed by atoms with Crippen molar-refractivity contribution in [2.24, 2.45) is 15.2 Å². The van der Waals surface area contributed by atoms with Crippen LogP contribution in [0.15, 0.2) is 100 Å². The Morgan fingerprint density at radius 3 is 2.03 bits per heavy atom. The number of hydrogen-bond donors (Lipinski definition) is 0. The predicted octanol–water partition coefficient (Wildman–Crippen LogP) is 9.75. The molecule has 0 radical (unpaired) electrons. The van der Waals surface area contributed by atoms with Crippen LogP contribution < -0.4 is 9.47 Å². The van der Waals surface area contributed by atoms with Crippen LogP contribution in [0, 0.1) is 0 Å². The van der Waals surface area contributed by atoms with Gasteiger partial charge in [-0.3, -0.25) is 4.99 Å². The minimum atomic E-state index is 0.770. The molecule has 0 aliphatic rings. The molecule has 0 unspecified atom stereocenters. The summed E-state index contributed by atoms with van der Waals surface area (Å²) in [5.74, 6) is 1.70. The third-order valence-electron chi connectivity index (χ3n) is 6.22. The molecule has 5 nitrogen and oxygen atoms in total. The molecule has 0 spiro atoms. The summed E-state index contributed by atoms with van der Waals surface area (Å²) in [4.78, 5) is 4.77. The van der Waals surface area contributed by atoms with E-state index in [1.165, 1.54) is 32.1 Å². The summed E-state index contributed by atoms with van der Waals surface area (Å²) < 4.78 is 11.1. The highest BCUT2D eigenvalue weighted by Gasteiger charge is 2.05. The summed E-state index contributed by atoms with van der Waals surface area (Å²) in [6.07, 6.45) is 9.47. The first-order chi connectivity index (χ1) is 18.3. The van der Waals surface area contributed by atoms with Crippen LogP contribution in [0.1, 0.15) is 51.0 Å². The van der Waals surface area contributed by atoms with Gasteiger partial charge in [0, 0.05) is 17.0 Å². The smallest absolute Gasteiger partial charge is 0.119 e. The minimum absolute atomic E-state index is 0.770. The highest BCUT2D eigenvalue weighted by Crippen LogP contribution is 2.34. The number of aliphatic imine (C=N–C) groups is 1. The molecule has 0 aliphatic carbocycles. The Hall–Kier alpha value is -3.99. The first kappa shape index (κ1) is 26.1. The predicted molar refractivity (Wildman–Crippen MR) is 154 cm³/mol. The molecule has 0 N–H and O–H groups in total. The highest BCUT2D eigenvalue weighted by atomic mass is 16.5. The van der Waals surface area contributed by atoms with Crippen LogP contribution in [0.2, 0.25) is 0 Å². The normalized spacial score (nSPS) is 11.5. The molecule has 0 fully saturated rings. The van der Waals surface area contributed by atoms with Crippen LogP contribution in [-0.4, -0.2) is 19.9 Å². The van der Waals surface area contributed by atoms with E-state index in [1.54, 1.807) is 7.11 Å². The molecule has 0 aliphatic heterocycles. The van der Waals surface area contributed by atoms with E-state index in [0.717, 1.165) is 57.9 Å². The van der Waals surface area contributed by atoms with Gasteiger partial charge in [0.15, 0.2) is 0 Å². The first-order valence-electron chi connectivity index (χ1n) is 13.1. The van der Waals surface area contributed by atoms with Gasteiger partial charge in [0.1, 0.15) is 11.5 Å². The van der Waals surface area contributed by atoms with Crippen LogP contribution in [0.5, 0.6) is 11.5 Å². The fourth-order valence-electron chi connectivity index (χ4n) is 4.09. The van der Waals surface area contributed by atoms with Crippen molar-refractivity contribution in [3.05, 3.63) is 90.5 Å². The lowest BCUT2D eigenvalue weighted by Crippen LogP contribution is -1.97. The Labute approximate surface area is 219 Å². The number of hydrogen-bond acceptors (Lipinski definition) is 5. The van der Waals surface area contributed by atoms with E-state index in [9.17, 15) is 0 Å². The first-order valence-corrected chi connectivity index (χ1v) is 13.1. The Morgan fingerprint density at radius 2 is 1.30 bits per heavy atom. The molecular weight excluding hydrogens is 458 g/mol. The lowest BCUT2D eigenvalue weighted by molar-refractivity contribution is 0.304. The molecule has 190 valence electrons. The monoisotopic (exact) mass is 493 g/mol. The topological polar surface area (TPSA) is 55.5 Å². The molecule has 4 rings (SSSR count). The maximum atomic E-state index is 5.90. The van der Waals surface area contributed by atoms with Gasteiger partial charge in [-0.25, -0.2) is 0 Å². The summed E-state index contributed by atoms with van der Waals surface area (Å²) in [5, 5.41) is 10.9. The Morgan fingerprint density at radius 1 is 0.649 bits per heavy atom. The summed E-state index contributed by atoms with van der Waals surface area (Å²) in [5.41, 5.74) is 3.49. The van der Waals surface area contributed by atoms with Crippen molar-refractivity contribution in [2.75, 3.05) is 13.7 Å². The summed E-state index contributed by atoms with van der Waals surface area (Å²) in [6.45, 7) is 3.02. The van der Waals surface area contributed by atoms with Gasteiger partial charge in [0.2, 0.25) is 0 Å². The number of rotatable bonds is 13. The van der Waals surface area contributed by atoms with E-state index in [4.69, 9.17) is 14.5 Å². The average molecular weight is 494 g/mol. The van der Waals surface area contributed by atoms with Crippen molar-refractivity contribution < 1.29 is 9.47 Å². The van der Waals surface area contributed by atoms with Crippen LogP contribution in [0.3, 0.4) is 0 Å². The van der Waals surface area contributed by atoms with Gasteiger partial charge in [0.05, 0.1) is 30.8 Å². The average Bonchev–Trinajstić information content (AvgIpc) is 2.95. The van der Waals surface area contributed by atoms with E-state index < -0.39 is 0 Å². The van der Waals surface area contributed by atoms with Crippen molar-refractivity contribution in [1.29, 1.82) is 0 Å². The van der Waals surface area contributed by atoms with Gasteiger partial charge >= 0.3 is 0 Å². The second kappa shape index (κ2) is 13.9. The molecule has 5 heteroatoms. The molecular formula is C32H35N3O2. The van der Waals surface area contributed by atoms with Crippen LogP contribution in [0.25, 0.3) is 10.8 Å². The number of nitrogens with zero attached hydrogens (tertiary/aromatic N) is 3. The molecule has 4 aromatic carbocycles. The van der Waals surface area contributed by atoms with Gasteiger partial charge < -0.3 is 9.47 Å².